The van der Waals surface area contributed by atoms with E-state index in [0.29, 0.717) is 5.02 Å². The fourth-order valence-corrected chi connectivity index (χ4v) is 2.46. The van der Waals surface area contributed by atoms with Gasteiger partial charge in [0.15, 0.2) is 0 Å². The Bertz CT molecular complexity index is 357. The Morgan fingerprint density at radius 1 is 1.35 bits per heavy atom. The maximum absolute atomic E-state index is 11.9. The number of thioether (sulfide) groups is 1. The number of alkyl halides is 3. The summed E-state index contributed by atoms with van der Waals surface area (Å²) >= 11 is 7.41. The predicted octanol–water partition coefficient (Wildman–Crippen LogP) is 3.97. The molecule has 0 aliphatic rings. The van der Waals surface area contributed by atoms with Crippen LogP contribution in [0.3, 0.4) is 0 Å². The van der Waals surface area contributed by atoms with Crippen LogP contribution in [0.5, 0.6) is 0 Å². The van der Waals surface area contributed by atoms with Gasteiger partial charge in [-0.1, -0.05) is 30.7 Å². The lowest BCUT2D eigenvalue weighted by molar-refractivity contribution is -0.124. The van der Waals surface area contributed by atoms with Gasteiger partial charge in [0.25, 0.3) is 0 Å². The summed E-state index contributed by atoms with van der Waals surface area (Å²) in [7, 11) is 0. The normalized spacial score (nSPS) is 13.7. The lowest BCUT2D eigenvalue weighted by atomic mass is 10.4. The van der Waals surface area contributed by atoms with Crippen molar-refractivity contribution in [3.8, 4) is 0 Å². The van der Waals surface area contributed by atoms with E-state index in [1.54, 1.807) is 6.07 Å². The van der Waals surface area contributed by atoms with Crippen LogP contribution in [0.4, 0.5) is 13.2 Å². The first-order valence-electron chi connectivity index (χ1n) is 5.07. The first kappa shape index (κ1) is 14.7. The fourth-order valence-electron chi connectivity index (χ4n) is 1.22. The minimum absolute atomic E-state index is 0.0252. The molecule has 0 saturated carbocycles. The third-order valence-corrected chi connectivity index (χ3v) is 3.54. The molecule has 0 fully saturated rings. The summed E-state index contributed by atoms with van der Waals surface area (Å²) < 4.78 is 35.7. The lowest BCUT2D eigenvalue weighted by Gasteiger charge is -2.14. The van der Waals surface area contributed by atoms with Gasteiger partial charge in [0.1, 0.15) is 0 Å². The van der Waals surface area contributed by atoms with Crippen LogP contribution in [0.25, 0.3) is 0 Å². The molecule has 0 aliphatic heterocycles. The molecule has 1 atom stereocenters. The highest BCUT2D eigenvalue weighted by molar-refractivity contribution is 8.00. The van der Waals surface area contributed by atoms with Crippen LogP contribution >= 0.6 is 23.4 Å². The van der Waals surface area contributed by atoms with Crippen LogP contribution in [0.1, 0.15) is 6.92 Å². The smallest absolute Gasteiger partial charge is 0.308 e. The summed E-state index contributed by atoms with van der Waals surface area (Å²) in [5, 5.41) is 3.03. The summed E-state index contributed by atoms with van der Waals surface area (Å²) in [6.45, 7) is 1.19. The summed E-state index contributed by atoms with van der Waals surface area (Å²) in [5.41, 5.74) is 0. The SMILES string of the molecule is CC(CNCC(F)(F)F)Sc1ccccc1Cl. The van der Waals surface area contributed by atoms with E-state index in [-0.39, 0.29) is 11.8 Å². The van der Waals surface area contributed by atoms with E-state index in [2.05, 4.69) is 5.32 Å². The molecule has 6 heteroatoms. The molecule has 17 heavy (non-hydrogen) atoms. The van der Waals surface area contributed by atoms with Gasteiger partial charge in [-0.2, -0.15) is 13.2 Å². The molecule has 0 radical (unpaired) electrons. The highest BCUT2D eigenvalue weighted by Crippen LogP contribution is 2.29. The molecule has 0 heterocycles. The van der Waals surface area contributed by atoms with Crippen molar-refractivity contribution in [2.45, 2.75) is 23.2 Å². The molecule has 0 aliphatic carbocycles. The summed E-state index contributed by atoms with van der Waals surface area (Å²) in [6.07, 6.45) is -4.16. The number of hydrogen-bond donors (Lipinski definition) is 1. The molecule has 1 rings (SSSR count). The maximum atomic E-state index is 11.9. The van der Waals surface area contributed by atoms with Crippen LogP contribution in [0, 0.1) is 0 Å². The first-order chi connectivity index (χ1) is 7.88. The lowest BCUT2D eigenvalue weighted by Crippen LogP contribution is -2.32. The molecule has 0 saturated heterocycles. The van der Waals surface area contributed by atoms with Gasteiger partial charge in [-0.3, -0.25) is 0 Å². The van der Waals surface area contributed by atoms with Gasteiger partial charge in [-0.05, 0) is 12.1 Å². The Morgan fingerprint density at radius 3 is 2.59 bits per heavy atom. The van der Waals surface area contributed by atoms with E-state index < -0.39 is 12.7 Å². The van der Waals surface area contributed by atoms with Crippen LogP contribution in [0.2, 0.25) is 5.02 Å². The quantitative estimate of drug-likeness (QED) is 0.821. The van der Waals surface area contributed by atoms with Crippen molar-refractivity contribution < 1.29 is 13.2 Å². The van der Waals surface area contributed by atoms with Gasteiger partial charge in [0.05, 0.1) is 11.6 Å². The fraction of sp³-hybridized carbons (Fsp3) is 0.455. The van der Waals surface area contributed by atoms with Crippen LogP contribution in [-0.4, -0.2) is 24.5 Å². The second kappa shape index (κ2) is 6.52. The van der Waals surface area contributed by atoms with Gasteiger partial charge in [-0.25, -0.2) is 0 Å². The Balaban J connectivity index is 2.35. The van der Waals surface area contributed by atoms with E-state index in [1.165, 1.54) is 11.8 Å². The van der Waals surface area contributed by atoms with Crippen molar-refractivity contribution in [1.29, 1.82) is 0 Å². The van der Waals surface area contributed by atoms with Crippen LogP contribution < -0.4 is 5.32 Å². The van der Waals surface area contributed by atoms with E-state index >= 15 is 0 Å². The van der Waals surface area contributed by atoms with Crippen LogP contribution in [0.15, 0.2) is 29.2 Å². The van der Waals surface area contributed by atoms with Crippen molar-refractivity contribution in [2.24, 2.45) is 0 Å². The molecule has 0 amide bonds. The molecule has 1 aromatic rings. The Kier molecular flexibility index (Phi) is 5.62. The largest absolute Gasteiger partial charge is 0.401 e. The second-order valence-electron chi connectivity index (χ2n) is 3.60. The van der Waals surface area contributed by atoms with Gasteiger partial charge in [0.2, 0.25) is 0 Å². The van der Waals surface area contributed by atoms with Crippen molar-refractivity contribution in [3.05, 3.63) is 29.3 Å². The molecule has 1 unspecified atom stereocenters. The minimum atomic E-state index is -4.16. The Morgan fingerprint density at radius 2 is 2.00 bits per heavy atom. The topological polar surface area (TPSA) is 12.0 Å². The molecule has 96 valence electrons. The van der Waals surface area contributed by atoms with Crippen LogP contribution in [-0.2, 0) is 0 Å². The van der Waals surface area contributed by atoms with Crippen molar-refractivity contribution in [1.82, 2.24) is 5.32 Å². The molecule has 1 N–H and O–H groups in total. The molecule has 0 aromatic heterocycles. The molecule has 1 aromatic carbocycles. The number of benzene rings is 1. The van der Waals surface area contributed by atoms with Crippen molar-refractivity contribution in [2.75, 3.05) is 13.1 Å². The average molecular weight is 284 g/mol. The maximum Gasteiger partial charge on any atom is 0.401 e. The third kappa shape index (κ3) is 6.19. The molecular weight excluding hydrogens is 271 g/mol. The van der Waals surface area contributed by atoms with Crippen molar-refractivity contribution >= 4 is 23.4 Å². The monoisotopic (exact) mass is 283 g/mol. The average Bonchev–Trinajstić information content (AvgIpc) is 2.19. The Labute approximate surface area is 108 Å². The predicted molar refractivity (Wildman–Crippen MR) is 65.7 cm³/mol. The van der Waals surface area contributed by atoms with Gasteiger partial charge >= 0.3 is 6.18 Å². The summed E-state index contributed by atoms with van der Waals surface area (Å²) in [4.78, 5) is 0.885. The van der Waals surface area contributed by atoms with Gasteiger partial charge in [0, 0.05) is 16.7 Å². The summed E-state index contributed by atoms with van der Waals surface area (Å²) in [6, 6.07) is 7.29. The van der Waals surface area contributed by atoms with Gasteiger partial charge in [-0.15, -0.1) is 11.8 Å². The third-order valence-electron chi connectivity index (χ3n) is 1.92. The molecule has 0 spiro atoms. The van der Waals surface area contributed by atoms with E-state index in [0.717, 1.165) is 4.90 Å². The number of halogens is 4. The zero-order valence-electron chi connectivity index (χ0n) is 9.22. The number of nitrogens with one attached hydrogen (secondary N) is 1. The van der Waals surface area contributed by atoms with E-state index in [4.69, 9.17) is 11.6 Å². The highest BCUT2D eigenvalue weighted by atomic mass is 35.5. The first-order valence-corrected chi connectivity index (χ1v) is 6.33. The molecule has 1 nitrogen and oxygen atoms in total. The Hall–Kier alpha value is -0.390. The second-order valence-corrected chi connectivity index (χ2v) is 5.49. The minimum Gasteiger partial charge on any atom is -0.308 e. The number of rotatable bonds is 5. The number of hydrogen-bond acceptors (Lipinski definition) is 2. The van der Waals surface area contributed by atoms with Gasteiger partial charge < -0.3 is 5.32 Å². The molecule has 0 bridgehead atoms. The summed E-state index contributed by atoms with van der Waals surface area (Å²) in [5.74, 6) is 0. The molecular formula is C11H13ClF3NS. The highest BCUT2D eigenvalue weighted by Gasteiger charge is 2.26. The zero-order valence-corrected chi connectivity index (χ0v) is 10.8. The standard InChI is InChI=1S/C11H13ClF3NS/c1-8(6-16-7-11(13,14)15)17-10-5-3-2-4-9(10)12/h2-5,8,16H,6-7H2,1H3. The zero-order chi connectivity index (χ0) is 12.9. The van der Waals surface area contributed by atoms with Crippen molar-refractivity contribution in [3.63, 3.8) is 0 Å². The van der Waals surface area contributed by atoms with E-state index in [1.807, 2.05) is 25.1 Å². The van der Waals surface area contributed by atoms with E-state index in [9.17, 15) is 13.2 Å².